The Bertz CT molecular complexity index is 575. The Morgan fingerprint density at radius 3 is 2.20 bits per heavy atom. The molecule has 0 radical (unpaired) electrons. The number of rotatable bonds is 4. The van der Waals surface area contributed by atoms with Crippen LogP contribution in [0.15, 0.2) is 40.9 Å². The molecule has 0 aliphatic heterocycles. The molecule has 2 aromatic carbocycles. The Morgan fingerprint density at radius 1 is 1.15 bits per heavy atom. The van der Waals surface area contributed by atoms with E-state index < -0.39 is 0 Å². The van der Waals surface area contributed by atoms with Gasteiger partial charge in [-0.3, -0.25) is 0 Å². The van der Waals surface area contributed by atoms with Crippen LogP contribution in [0.1, 0.15) is 22.8 Å². The first kappa shape index (κ1) is 15.4. The maximum atomic E-state index is 6.17. The van der Waals surface area contributed by atoms with Gasteiger partial charge in [-0.2, -0.15) is 0 Å². The van der Waals surface area contributed by atoms with E-state index in [4.69, 9.17) is 22.1 Å². The molecule has 0 aliphatic carbocycles. The molecular weight excluding hydrogens is 338 g/mol. The van der Waals surface area contributed by atoms with Gasteiger partial charge in [-0.15, -0.1) is 0 Å². The predicted octanol–water partition coefficient (Wildman–Crippen LogP) is 4.80. The van der Waals surface area contributed by atoms with Gasteiger partial charge in [-0.25, -0.2) is 0 Å². The lowest BCUT2D eigenvalue weighted by atomic mass is 10.1. The van der Waals surface area contributed by atoms with E-state index in [0.29, 0.717) is 6.54 Å². The van der Waals surface area contributed by atoms with E-state index in [2.05, 4.69) is 15.9 Å². The fourth-order valence-corrected chi connectivity index (χ4v) is 2.44. The molecule has 4 heteroatoms. The van der Waals surface area contributed by atoms with Gasteiger partial charge in [-0.1, -0.05) is 39.7 Å². The van der Waals surface area contributed by atoms with Crippen LogP contribution in [0.4, 0.5) is 0 Å². The van der Waals surface area contributed by atoms with Crippen LogP contribution in [0, 0.1) is 13.8 Å². The van der Waals surface area contributed by atoms with Crippen molar-refractivity contribution in [2.45, 2.75) is 20.0 Å². The van der Waals surface area contributed by atoms with Gasteiger partial charge >= 0.3 is 0 Å². The minimum absolute atomic E-state index is 0.164. The second-order valence-electron chi connectivity index (χ2n) is 4.76. The van der Waals surface area contributed by atoms with Crippen LogP contribution >= 0.6 is 27.5 Å². The van der Waals surface area contributed by atoms with Crippen molar-refractivity contribution in [3.05, 3.63) is 62.6 Å². The molecule has 1 unspecified atom stereocenters. The summed E-state index contributed by atoms with van der Waals surface area (Å²) in [6.45, 7) is 4.36. The van der Waals surface area contributed by atoms with E-state index in [1.807, 2.05) is 50.2 Å². The van der Waals surface area contributed by atoms with Crippen molar-refractivity contribution in [2.24, 2.45) is 5.73 Å². The smallest absolute Gasteiger partial charge is 0.136 e. The van der Waals surface area contributed by atoms with E-state index in [9.17, 15) is 0 Å². The molecule has 0 aromatic heterocycles. The third-order valence-electron chi connectivity index (χ3n) is 3.14. The maximum absolute atomic E-state index is 6.17. The van der Waals surface area contributed by atoms with Gasteiger partial charge < -0.3 is 10.5 Å². The Labute approximate surface area is 133 Å². The lowest BCUT2D eigenvalue weighted by Crippen LogP contribution is -2.18. The third kappa shape index (κ3) is 3.54. The number of hydrogen-bond acceptors (Lipinski definition) is 2. The highest BCUT2D eigenvalue weighted by atomic mass is 79.9. The summed E-state index contributed by atoms with van der Waals surface area (Å²) in [5, 5.41) is 0.783. The average molecular weight is 355 g/mol. The molecule has 20 heavy (non-hydrogen) atoms. The Kier molecular flexibility index (Phi) is 5.08. The second kappa shape index (κ2) is 6.61. The van der Waals surface area contributed by atoms with E-state index in [1.165, 1.54) is 0 Å². The third-order valence-corrected chi connectivity index (χ3v) is 4.27. The number of nitrogens with two attached hydrogens (primary N) is 1. The number of benzene rings is 2. The molecule has 2 N–H and O–H groups in total. The van der Waals surface area contributed by atoms with Crippen LogP contribution in [-0.2, 0) is 0 Å². The summed E-state index contributed by atoms with van der Waals surface area (Å²) in [6.07, 6.45) is -0.164. The van der Waals surface area contributed by atoms with Gasteiger partial charge in [0.05, 0.1) is 0 Å². The highest BCUT2D eigenvalue weighted by molar-refractivity contribution is 9.10. The van der Waals surface area contributed by atoms with Crippen LogP contribution in [0.5, 0.6) is 5.75 Å². The second-order valence-corrected chi connectivity index (χ2v) is 6.06. The normalized spacial score (nSPS) is 12.2. The first-order valence-corrected chi connectivity index (χ1v) is 7.57. The van der Waals surface area contributed by atoms with E-state index in [-0.39, 0.29) is 6.10 Å². The van der Waals surface area contributed by atoms with Gasteiger partial charge in [-0.05, 0) is 54.8 Å². The Morgan fingerprint density at radius 2 is 1.70 bits per heavy atom. The van der Waals surface area contributed by atoms with Gasteiger partial charge in [0, 0.05) is 16.0 Å². The number of halogens is 2. The van der Waals surface area contributed by atoms with Crippen molar-refractivity contribution in [3.63, 3.8) is 0 Å². The van der Waals surface area contributed by atoms with Gasteiger partial charge in [0.2, 0.25) is 0 Å². The molecule has 106 valence electrons. The zero-order chi connectivity index (χ0) is 14.7. The quantitative estimate of drug-likeness (QED) is 0.856. The summed E-state index contributed by atoms with van der Waals surface area (Å²) in [4.78, 5) is 0. The van der Waals surface area contributed by atoms with Crippen LogP contribution in [0.25, 0.3) is 0 Å². The average Bonchev–Trinajstić information content (AvgIpc) is 2.43. The monoisotopic (exact) mass is 353 g/mol. The lowest BCUT2D eigenvalue weighted by Gasteiger charge is -2.19. The zero-order valence-corrected chi connectivity index (χ0v) is 13.8. The summed E-state index contributed by atoms with van der Waals surface area (Å²) in [7, 11) is 0. The van der Waals surface area contributed by atoms with Gasteiger partial charge in [0.1, 0.15) is 11.9 Å². The molecule has 0 saturated carbocycles. The fraction of sp³-hybridized carbons (Fsp3) is 0.250. The summed E-state index contributed by atoms with van der Waals surface area (Å²) >= 11 is 9.59. The molecule has 2 rings (SSSR count). The Balaban J connectivity index is 2.24. The molecule has 0 fully saturated rings. The van der Waals surface area contributed by atoms with Crippen LogP contribution in [-0.4, -0.2) is 6.54 Å². The van der Waals surface area contributed by atoms with E-state index in [1.54, 1.807) is 0 Å². The van der Waals surface area contributed by atoms with E-state index in [0.717, 1.165) is 31.9 Å². The minimum atomic E-state index is -0.164. The van der Waals surface area contributed by atoms with Gasteiger partial charge in [0.25, 0.3) is 0 Å². The summed E-state index contributed by atoms with van der Waals surface area (Å²) in [6, 6.07) is 11.9. The topological polar surface area (TPSA) is 35.2 Å². The summed E-state index contributed by atoms with van der Waals surface area (Å²) < 4.78 is 7.04. The molecule has 2 nitrogen and oxygen atoms in total. The number of aryl methyl sites for hydroxylation is 2. The van der Waals surface area contributed by atoms with Crippen LogP contribution in [0.3, 0.4) is 0 Å². The first-order chi connectivity index (χ1) is 9.51. The molecule has 0 saturated heterocycles. The van der Waals surface area contributed by atoms with E-state index >= 15 is 0 Å². The number of hydrogen-bond donors (Lipinski definition) is 1. The predicted molar refractivity (Wildman–Crippen MR) is 87.5 cm³/mol. The summed E-state index contributed by atoms with van der Waals surface area (Å²) in [5.74, 6) is 0.794. The molecule has 0 amide bonds. The zero-order valence-electron chi connectivity index (χ0n) is 11.5. The molecule has 0 bridgehead atoms. The highest BCUT2D eigenvalue weighted by Gasteiger charge is 2.13. The molecule has 0 spiro atoms. The molecule has 0 heterocycles. The standard InChI is InChI=1S/C16H17BrClNO/c1-10-7-14(8-11(2)16(10)18)20-15(9-19)12-3-5-13(17)6-4-12/h3-8,15H,9,19H2,1-2H3. The molecule has 0 aliphatic rings. The van der Waals surface area contributed by atoms with Gasteiger partial charge in [0.15, 0.2) is 0 Å². The van der Waals surface area contributed by atoms with Crippen molar-refractivity contribution in [3.8, 4) is 5.75 Å². The molecule has 1 atom stereocenters. The van der Waals surface area contributed by atoms with Crippen molar-refractivity contribution in [1.29, 1.82) is 0 Å². The van der Waals surface area contributed by atoms with Crippen molar-refractivity contribution in [2.75, 3.05) is 6.54 Å². The highest BCUT2D eigenvalue weighted by Crippen LogP contribution is 2.29. The molecular formula is C16H17BrClNO. The van der Waals surface area contributed by atoms with Crippen LogP contribution in [0.2, 0.25) is 5.02 Å². The Hall–Kier alpha value is -1.03. The maximum Gasteiger partial charge on any atom is 0.136 e. The SMILES string of the molecule is Cc1cc(OC(CN)c2ccc(Br)cc2)cc(C)c1Cl. The van der Waals surface area contributed by atoms with Crippen LogP contribution < -0.4 is 10.5 Å². The summed E-state index contributed by atoms with van der Waals surface area (Å²) in [5.41, 5.74) is 8.91. The largest absolute Gasteiger partial charge is 0.484 e. The minimum Gasteiger partial charge on any atom is -0.484 e. The number of ether oxygens (including phenoxy) is 1. The molecule has 2 aromatic rings. The van der Waals surface area contributed by atoms with Crippen molar-refractivity contribution in [1.82, 2.24) is 0 Å². The lowest BCUT2D eigenvalue weighted by molar-refractivity contribution is 0.214. The fourth-order valence-electron chi connectivity index (χ4n) is 2.07. The van der Waals surface area contributed by atoms with Crippen molar-refractivity contribution >= 4 is 27.5 Å². The van der Waals surface area contributed by atoms with Crippen molar-refractivity contribution < 1.29 is 4.74 Å². The first-order valence-electron chi connectivity index (χ1n) is 6.40.